The molecule has 0 amide bonds. The molecule has 2 aromatic rings. The highest BCUT2D eigenvalue weighted by molar-refractivity contribution is 9.10. The molecule has 0 saturated heterocycles. The summed E-state index contributed by atoms with van der Waals surface area (Å²) < 4.78 is 14.5. The van der Waals surface area contributed by atoms with Gasteiger partial charge in [0.25, 0.3) is 0 Å². The van der Waals surface area contributed by atoms with Crippen molar-refractivity contribution >= 4 is 27.7 Å². The van der Waals surface area contributed by atoms with Crippen molar-refractivity contribution in [3.8, 4) is 0 Å². The first-order valence-corrected chi connectivity index (χ1v) is 7.36. The molecule has 2 nitrogen and oxygen atoms in total. The van der Waals surface area contributed by atoms with E-state index in [1.54, 1.807) is 26.1 Å². The van der Waals surface area contributed by atoms with Gasteiger partial charge in [-0.25, -0.2) is 9.37 Å². The van der Waals surface area contributed by atoms with Crippen LogP contribution in [0, 0.1) is 12.7 Å². The standard InChI is InChI=1S/C14H13BrFNOS/c1-8-6-13(10(9(2)18)7-12(8)16)19-14-11(15)4-3-5-17-14/h3-7,9,18H,1-2H3/t9-/m1/s1. The summed E-state index contributed by atoms with van der Waals surface area (Å²) in [5, 5.41) is 10.5. The molecule has 1 N–H and O–H groups in total. The number of aliphatic hydroxyl groups excluding tert-OH is 1. The van der Waals surface area contributed by atoms with Gasteiger partial charge in [-0.3, -0.25) is 0 Å². The van der Waals surface area contributed by atoms with E-state index in [0.717, 1.165) is 14.4 Å². The Balaban J connectivity index is 2.45. The van der Waals surface area contributed by atoms with Crippen LogP contribution in [-0.2, 0) is 0 Å². The van der Waals surface area contributed by atoms with Crippen LogP contribution < -0.4 is 0 Å². The van der Waals surface area contributed by atoms with Crippen molar-refractivity contribution in [1.82, 2.24) is 4.98 Å². The largest absolute Gasteiger partial charge is 0.389 e. The van der Waals surface area contributed by atoms with Gasteiger partial charge in [-0.1, -0.05) is 11.8 Å². The zero-order valence-electron chi connectivity index (χ0n) is 10.5. The zero-order valence-corrected chi connectivity index (χ0v) is 12.9. The van der Waals surface area contributed by atoms with E-state index < -0.39 is 6.10 Å². The molecule has 0 aliphatic rings. The molecule has 1 aromatic heterocycles. The summed E-state index contributed by atoms with van der Waals surface area (Å²) in [5.41, 5.74) is 1.13. The van der Waals surface area contributed by atoms with Crippen molar-refractivity contribution in [2.75, 3.05) is 0 Å². The zero-order chi connectivity index (χ0) is 14.0. The minimum atomic E-state index is -0.722. The topological polar surface area (TPSA) is 33.1 Å². The van der Waals surface area contributed by atoms with E-state index >= 15 is 0 Å². The molecular formula is C14H13BrFNOS. The van der Waals surface area contributed by atoms with Crippen molar-refractivity contribution in [2.24, 2.45) is 0 Å². The maximum atomic E-state index is 13.6. The van der Waals surface area contributed by atoms with Gasteiger partial charge in [0.2, 0.25) is 0 Å². The first kappa shape index (κ1) is 14.5. The third kappa shape index (κ3) is 3.35. The molecule has 1 heterocycles. The maximum Gasteiger partial charge on any atom is 0.126 e. The molecule has 0 bridgehead atoms. The Hall–Kier alpha value is -0.910. The molecule has 0 spiro atoms. The van der Waals surface area contributed by atoms with Gasteiger partial charge in [-0.05, 0) is 65.2 Å². The number of halogens is 2. The minimum absolute atomic E-state index is 0.305. The van der Waals surface area contributed by atoms with Gasteiger partial charge < -0.3 is 5.11 Å². The van der Waals surface area contributed by atoms with Gasteiger partial charge in [0, 0.05) is 11.1 Å². The number of aromatic nitrogens is 1. The van der Waals surface area contributed by atoms with Crippen LogP contribution in [0.2, 0.25) is 0 Å². The van der Waals surface area contributed by atoms with Gasteiger partial charge in [-0.2, -0.15) is 0 Å². The van der Waals surface area contributed by atoms with Crippen LogP contribution in [0.4, 0.5) is 4.39 Å². The fraction of sp³-hybridized carbons (Fsp3) is 0.214. The Morgan fingerprint density at radius 3 is 2.79 bits per heavy atom. The average molecular weight is 342 g/mol. The second-order valence-electron chi connectivity index (χ2n) is 4.21. The smallest absolute Gasteiger partial charge is 0.126 e. The Morgan fingerprint density at radius 1 is 1.42 bits per heavy atom. The van der Waals surface area contributed by atoms with Gasteiger partial charge >= 0.3 is 0 Å². The van der Waals surface area contributed by atoms with Crippen LogP contribution in [0.15, 0.2) is 44.9 Å². The van der Waals surface area contributed by atoms with Crippen LogP contribution in [-0.4, -0.2) is 10.1 Å². The third-order valence-corrected chi connectivity index (χ3v) is 4.67. The minimum Gasteiger partial charge on any atom is -0.389 e. The number of pyridine rings is 1. The number of nitrogens with zero attached hydrogens (tertiary/aromatic N) is 1. The predicted octanol–water partition coefficient (Wildman–Crippen LogP) is 4.50. The number of hydrogen-bond acceptors (Lipinski definition) is 3. The van der Waals surface area contributed by atoms with Crippen molar-refractivity contribution < 1.29 is 9.50 Å². The van der Waals surface area contributed by atoms with Crippen LogP contribution in [0.1, 0.15) is 24.2 Å². The van der Waals surface area contributed by atoms with Gasteiger partial charge in [0.15, 0.2) is 0 Å². The Morgan fingerprint density at radius 2 is 2.16 bits per heavy atom. The molecule has 0 aliphatic carbocycles. The Bertz CT molecular complexity index is 604. The summed E-state index contributed by atoms with van der Waals surface area (Å²) in [5.74, 6) is -0.305. The Labute approximate surface area is 124 Å². The molecule has 2 rings (SSSR count). The number of aliphatic hydroxyl groups is 1. The number of benzene rings is 1. The lowest BCUT2D eigenvalue weighted by molar-refractivity contribution is 0.196. The van der Waals surface area contributed by atoms with Crippen LogP contribution in [0.5, 0.6) is 0 Å². The fourth-order valence-electron chi connectivity index (χ4n) is 1.64. The van der Waals surface area contributed by atoms with Crippen molar-refractivity contribution in [3.05, 3.63) is 51.9 Å². The second-order valence-corrected chi connectivity index (χ2v) is 6.09. The quantitative estimate of drug-likeness (QED) is 0.892. The first-order chi connectivity index (χ1) is 8.99. The predicted molar refractivity (Wildman–Crippen MR) is 77.8 cm³/mol. The van der Waals surface area contributed by atoms with Crippen molar-refractivity contribution in [1.29, 1.82) is 0 Å². The van der Waals surface area contributed by atoms with E-state index in [9.17, 15) is 9.50 Å². The summed E-state index contributed by atoms with van der Waals surface area (Å²) in [6, 6.07) is 6.86. The van der Waals surface area contributed by atoms with Gasteiger partial charge in [-0.15, -0.1) is 0 Å². The molecule has 0 radical (unpaired) electrons. The maximum absolute atomic E-state index is 13.6. The SMILES string of the molecule is Cc1cc(Sc2ncccc2Br)c([C@@H](C)O)cc1F. The highest BCUT2D eigenvalue weighted by atomic mass is 79.9. The van der Waals surface area contributed by atoms with Gasteiger partial charge in [0.05, 0.1) is 10.6 Å². The number of hydrogen-bond donors (Lipinski definition) is 1. The van der Waals surface area contributed by atoms with E-state index in [-0.39, 0.29) is 5.82 Å². The van der Waals surface area contributed by atoms with E-state index in [1.165, 1.54) is 17.8 Å². The molecule has 1 atom stereocenters. The summed E-state index contributed by atoms with van der Waals surface area (Å²) in [7, 11) is 0. The molecule has 19 heavy (non-hydrogen) atoms. The fourth-order valence-corrected chi connectivity index (χ4v) is 3.20. The average Bonchev–Trinajstić information content (AvgIpc) is 2.36. The van der Waals surface area contributed by atoms with Gasteiger partial charge in [0.1, 0.15) is 10.8 Å². The van der Waals surface area contributed by atoms with Crippen LogP contribution in [0.25, 0.3) is 0 Å². The second kappa shape index (κ2) is 6.03. The highest BCUT2D eigenvalue weighted by Gasteiger charge is 2.14. The summed E-state index contributed by atoms with van der Waals surface area (Å²) in [6.45, 7) is 3.33. The molecule has 0 unspecified atom stereocenters. The van der Waals surface area contributed by atoms with E-state index in [2.05, 4.69) is 20.9 Å². The van der Waals surface area contributed by atoms with E-state index in [1.807, 2.05) is 12.1 Å². The van der Waals surface area contributed by atoms with E-state index in [0.29, 0.717) is 11.1 Å². The molecule has 0 fully saturated rings. The summed E-state index contributed by atoms with van der Waals surface area (Å²) in [6.07, 6.45) is 0.978. The normalized spacial score (nSPS) is 12.5. The molecule has 1 aromatic carbocycles. The molecule has 0 saturated carbocycles. The number of aryl methyl sites for hydroxylation is 1. The molecule has 0 aliphatic heterocycles. The number of rotatable bonds is 3. The summed E-state index contributed by atoms with van der Waals surface area (Å²) >= 11 is 4.84. The lowest BCUT2D eigenvalue weighted by atomic mass is 10.1. The highest BCUT2D eigenvalue weighted by Crippen LogP contribution is 2.36. The van der Waals surface area contributed by atoms with Crippen molar-refractivity contribution in [2.45, 2.75) is 29.9 Å². The molecule has 100 valence electrons. The lowest BCUT2D eigenvalue weighted by Crippen LogP contribution is -1.98. The lowest BCUT2D eigenvalue weighted by Gasteiger charge is -2.13. The monoisotopic (exact) mass is 341 g/mol. The Kier molecular flexibility index (Phi) is 4.60. The van der Waals surface area contributed by atoms with E-state index in [4.69, 9.17) is 0 Å². The summed E-state index contributed by atoms with van der Waals surface area (Å²) in [4.78, 5) is 5.08. The molecular weight excluding hydrogens is 329 g/mol. The van der Waals surface area contributed by atoms with Crippen LogP contribution in [0.3, 0.4) is 0 Å². The van der Waals surface area contributed by atoms with Crippen molar-refractivity contribution in [3.63, 3.8) is 0 Å². The first-order valence-electron chi connectivity index (χ1n) is 5.75. The van der Waals surface area contributed by atoms with Crippen LogP contribution >= 0.6 is 27.7 Å². The molecule has 5 heteroatoms. The third-order valence-electron chi connectivity index (χ3n) is 2.67.